The summed E-state index contributed by atoms with van der Waals surface area (Å²) < 4.78 is 0. The van der Waals surface area contributed by atoms with Gasteiger partial charge < -0.3 is 10.6 Å². The number of benzene rings is 3. The molecule has 0 fully saturated rings. The van der Waals surface area contributed by atoms with Crippen LogP contribution >= 0.6 is 11.6 Å². The van der Waals surface area contributed by atoms with Crippen LogP contribution in [-0.2, 0) is 22.4 Å². The SMILES string of the molecule is O=C(NCCc1ccccc1)C(=Cc1cccc(Cl)c1)C(=O)NCCc1ccccc1. The molecular weight excluding hydrogens is 408 g/mol. The van der Waals surface area contributed by atoms with E-state index in [2.05, 4.69) is 10.6 Å². The maximum atomic E-state index is 12.8. The van der Waals surface area contributed by atoms with Gasteiger partial charge in [-0.3, -0.25) is 9.59 Å². The van der Waals surface area contributed by atoms with E-state index in [1.807, 2.05) is 60.7 Å². The molecule has 5 heteroatoms. The first kappa shape index (κ1) is 22.3. The molecule has 2 N–H and O–H groups in total. The van der Waals surface area contributed by atoms with Crippen molar-refractivity contribution in [2.75, 3.05) is 13.1 Å². The van der Waals surface area contributed by atoms with Crippen molar-refractivity contribution >= 4 is 29.5 Å². The highest BCUT2D eigenvalue weighted by molar-refractivity contribution is 6.30. The molecule has 0 radical (unpaired) electrons. The zero-order chi connectivity index (χ0) is 21.9. The molecule has 0 aliphatic heterocycles. The Bertz CT molecular complexity index is 974. The number of halogens is 1. The highest BCUT2D eigenvalue weighted by Gasteiger charge is 2.18. The van der Waals surface area contributed by atoms with E-state index in [1.54, 1.807) is 30.3 Å². The lowest BCUT2D eigenvalue weighted by Gasteiger charge is -2.11. The van der Waals surface area contributed by atoms with Crippen molar-refractivity contribution in [1.82, 2.24) is 10.6 Å². The van der Waals surface area contributed by atoms with Gasteiger partial charge >= 0.3 is 0 Å². The number of hydrogen-bond donors (Lipinski definition) is 2. The second-order valence-electron chi connectivity index (χ2n) is 7.10. The summed E-state index contributed by atoms with van der Waals surface area (Å²) in [6.07, 6.45) is 2.95. The summed E-state index contributed by atoms with van der Waals surface area (Å²) in [5, 5.41) is 6.25. The van der Waals surface area contributed by atoms with Crippen LogP contribution in [0.5, 0.6) is 0 Å². The minimum atomic E-state index is -0.409. The Morgan fingerprint density at radius 1 is 0.710 bits per heavy atom. The van der Waals surface area contributed by atoms with Gasteiger partial charge in [0.2, 0.25) is 0 Å². The molecular formula is C26H25ClN2O2. The fourth-order valence-electron chi connectivity index (χ4n) is 3.12. The van der Waals surface area contributed by atoms with Gasteiger partial charge in [0.1, 0.15) is 5.57 Å². The molecule has 3 aromatic rings. The first-order valence-electron chi connectivity index (χ1n) is 10.2. The molecule has 2 amide bonds. The third-order valence-corrected chi connectivity index (χ3v) is 4.97. The van der Waals surface area contributed by atoms with E-state index < -0.39 is 11.8 Å². The largest absolute Gasteiger partial charge is 0.352 e. The van der Waals surface area contributed by atoms with E-state index in [0.717, 1.165) is 11.1 Å². The third kappa shape index (κ3) is 7.43. The van der Waals surface area contributed by atoms with Gasteiger partial charge in [0, 0.05) is 18.1 Å². The highest BCUT2D eigenvalue weighted by Crippen LogP contribution is 2.14. The molecule has 31 heavy (non-hydrogen) atoms. The Hall–Kier alpha value is -3.37. The Morgan fingerprint density at radius 3 is 1.71 bits per heavy atom. The summed E-state index contributed by atoms with van der Waals surface area (Å²) >= 11 is 6.06. The van der Waals surface area contributed by atoms with Crippen LogP contribution < -0.4 is 10.6 Å². The van der Waals surface area contributed by atoms with Gasteiger partial charge in [0.05, 0.1) is 0 Å². The second-order valence-corrected chi connectivity index (χ2v) is 7.53. The van der Waals surface area contributed by atoms with Gasteiger partial charge in [-0.05, 0) is 47.7 Å². The van der Waals surface area contributed by atoms with Gasteiger partial charge in [-0.25, -0.2) is 0 Å². The minimum absolute atomic E-state index is 0.0587. The monoisotopic (exact) mass is 432 g/mol. The maximum Gasteiger partial charge on any atom is 0.256 e. The van der Waals surface area contributed by atoms with Crippen molar-refractivity contribution in [3.63, 3.8) is 0 Å². The number of nitrogens with one attached hydrogen (secondary N) is 2. The number of carbonyl (C=O) groups excluding carboxylic acids is 2. The van der Waals surface area contributed by atoms with Crippen LogP contribution in [0.3, 0.4) is 0 Å². The lowest BCUT2D eigenvalue weighted by atomic mass is 10.1. The highest BCUT2D eigenvalue weighted by atomic mass is 35.5. The smallest absolute Gasteiger partial charge is 0.256 e. The van der Waals surface area contributed by atoms with E-state index >= 15 is 0 Å². The van der Waals surface area contributed by atoms with E-state index in [9.17, 15) is 9.59 Å². The van der Waals surface area contributed by atoms with Gasteiger partial charge in [-0.1, -0.05) is 84.4 Å². The first-order valence-corrected chi connectivity index (χ1v) is 10.6. The van der Waals surface area contributed by atoms with Crippen LogP contribution in [0.2, 0.25) is 5.02 Å². The lowest BCUT2D eigenvalue weighted by Crippen LogP contribution is -2.36. The first-order chi connectivity index (χ1) is 15.1. The standard InChI is InChI=1S/C26H25ClN2O2/c27-23-13-7-12-22(18-23)19-24(25(30)28-16-14-20-8-3-1-4-9-20)26(31)29-17-15-21-10-5-2-6-11-21/h1-13,18-19H,14-17H2,(H,28,30)(H,29,31). The molecule has 0 saturated carbocycles. The van der Waals surface area contributed by atoms with Crippen LogP contribution in [0.25, 0.3) is 6.08 Å². The molecule has 0 bridgehead atoms. The summed E-state index contributed by atoms with van der Waals surface area (Å²) in [4.78, 5) is 25.6. The van der Waals surface area contributed by atoms with Crippen molar-refractivity contribution in [2.45, 2.75) is 12.8 Å². The molecule has 0 aliphatic rings. The molecule has 0 saturated heterocycles. The van der Waals surface area contributed by atoms with Gasteiger partial charge in [-0.2, -0.15) is 0 Å². The van der Waals surface area contributed by atoms with E-state index in [0.29, 0.717) is 36.5 Å². The van der Waals surface area contributed by atoms with E-state index in [1.165, 1.54) is 0 Å². The molecule has 0 spiro atoms. The molecule has 0 aliphatic carbocycles. The summed E-state index contributed by atoms with van der Waals surface area (Å²) in [6.45, 7) is 0.875. The fraction of sp³-hybridized carbons (Fsp3) is 0.154. The summed E-state index contributed by atoms with van der Waals surface area (Å²) in [7, 11) is 0. The Morgan fingerprint density at radius 2 is 1.23 bits per heavy atom. The van der Waals surface area contributed by atoms with Crippen molar-refractivity contribution in [3.8, 4) is 0 Å². The molecule has 4 nitrogen and oxygen atoms in total. The van der Waals surface area contributed by atoms with E-state index in [-0.39, 0.29) is 5.57 Å². The Kier molecular flexibility index (Phi) is 8.44. The van der Waals surface area contributed by atoms with Gasteiger partial charge in [0.25, 0.3) is 11.8 Å². The average molecular weight is 433 g/mol. The van der Waals surface area contributed by atoms with Crippen molar-refractivity contribution in [1.29, 1.82) is 0 Å². The van der Waals surface area contributed by atoms with Crippen molar-refractivity contribution in [2.24, 2.45) is 0 Å². The van der Waals surface area contributed by atoms with Gasteiger partial charge in [-0.15, -0.1) is 0 Å². The molecule has 0 heterocycles. The van der Waals surface area contributed by atoms with Crippen LogP contribution in [0.1, 0.15) is 16.7 Å². The molecule has 3 rings (SSSR count). The van der Waals surface area contributed by atoms with E-state index in [4.69, 9.17) is 11.6 Å². The topological polar surface area (TPSA) is 58.2 Å². The lowest BCUT2D eigenvalue weighted by molar-refractivity contribution is -0.123. The third-order valence-electron chi connectivity index (χ3n) is 4.73. The molecule has 0 atom stereocenters. The zero-order valence-electron chi connectivity index (χ0n) is 17.2. The summed E-state index contributed by atoms with van der Waals surface area (Å²) in [5.74, 6) is -0.818. The quantitative estimate of drug-likeness (QED) is 0.298. The number of amides is 2. The fourth-order valence-corrected chi connectivity index (χ4v) is 3.32. The Balaban J connectivity index is 1.66. The van der Waals surface area contributed by atoms with Crippen molar-refractivity contribution < 1.29 is 9.59 Å². The average Bonchev–Trinajstić information content (AvgIpc) is 2.79. The van der Waals surface area contributed by atoms with Crippen LogP contribution in [0.15, 0.2) is 90.5 Å². The summed E-state index contributed by atoms with van der Waals surface area (Å²) in [6, 6.07) is 26.8. The second kappa shape index (κ2) is 11.7. The molecule has 0 unspecified atom stereocenters. The zero-order valence-corrected chi connectivity index (χ0v) is 17.9. The normalized spacial score (nSPS) is 10.2. The summed E-state index contributed by atoms with van der Waals surface area (Å²) in [5.41, 5.74) is 2.99. The minimum Gasteiger partial charge on any atom is -0.352 e. The number of rotatable bonds is 9. The van der Waals surface area contributed by atoms with Crippen LogP contribution in [-0.4, -0.2) is 24.9 Å². The molecule has 0 aromatic heterocycles. The van der Waals surface area contributed by atoms with Gasteiger partial charge in [0.15, 0.2) is 0 Å². The van der Waals surface area contributed by atoms with Crippen LogP contribution in [0.4, 0.5) is 0 Å². The number of hydrogen-bond acceptors (Lipinski definition) is 2. The molecule has 158 valence electrons. The molecule has 3 aromatic carbocycles. The predicted octanol–water partition coefficient (Wildman–Crippen LogP) is 4.44. The number of carbonyl (C=O) groups is 2. The maximum absolute atomic E-state index is 12.8. The van der Waals surface area contributed by atoms with Crippen molar-refractivity contribution in [3.05, 3.63) is 112 Å². The Labute approximate surface area is 188 Å². The van der Waals surface area contributed by atoms with Crippen LogP contribution in [0, 0.1) is 0 Å². The predicted molar refractivity (Wildman–Crippen MR) is 126 cm³/mol.